The van der Waals surface area contributed by atoms with Crippen LogP contribution in [0.1, 0.15) is 0 Å². The maximum Gasteiger partial charge on any atom is 0.203 e. The molecule has 10 nitrogen and oxygen atoms in total. The topological polar surface area (TPSA) is 88.1 Å². The van der Waals surface area contributed by atoms with E-state index in [9.17, 15) is 0 Å². The number of nitrogens with zero attached hydrogens (tertiary/aromatic N) is 2. The first-order valence-electron chi connectivity index (χ1n) is 21.4. The molecule has 0 aliphatic carbocycles. The van der Waals surface area contributed by atoms with Crippen molar-refractivity contribution in [3.8, 4) is 34.5 Å². The molecule has 11 aromatic rings. The van der Waals surface area contributed by atoms with Gasteiger partial charge in [0.1, 0.15) is 22.3 Å². The second-order valence-corrected chi connectivity index (χ2v) is 15.8. The summed E-state index contributed by atoms with van der Waals surface area (Å²) < 4.78 is 47.9. The van der Waals surface area contributed by atoms with Crippen LogP contribution in [0.25, 0.3) is 65.4 Å². The van der Waals surface area contributed by atoms with Gasteiger partial charge in [-0.15, -0.1) is 0 Å². The number of methoxy groups -OCH3 is 6. The van der Waals surface area contributed by atoms with E-state index in [-0.39, 0.29) is 0 Å². The van der Waals surface area contributed by atoms with Crippen LogP contribution < -0.4 is 38.2 Å². The lowest BCUT2D eigenvalue weighted by molar-refractivity contribution is 0.324. The number of furan rings is 2. The smallest absolute Gasteiger partial charge is 0.203 e. The highest BCUT2D eigenvalue weighted by molar-refractivity contribution is 6.30. The number of para-hydroxylation sites is 2. The van der Waals surface area contributed by atoms with E-state index in [1.54, 1.807) is 42.7 Å². The third kappa shape index (κ3) is 6.40. The van der Waals surface area contributed by atoms with E-state index in [1.807, 2.05) is 72.8 Å². The number of benzene rings is 9. The average molecular weight is 873 g/mol. The van der Waals surface area contributed by atoms with Crippen molar-refractivity contribution in [3.63, 3.8) is 0 Å². The van der Waals surface area contributed by atoms with Crippen LogP contribution in [0.2, 0.25) is 0 Å². The number of fused-ring (bicyclic) bond motifs is 11. The predicted molar refractivity (Wildman–Crippen MR) is 265 cm³/mol. The number of anilines is 6. The summed E-state index contributed by atoms with van der Waals surface area (Å²) in [5.41, 5.74) is 8.76. The SMILES string of the molecule is COc1cc(N(c2ccccc2)c2ccc3c(ccc4c3oc3ccc5oc6c7ccc(N(c8ccccc8)c8cc(OC)c(OC)c(OC)c8)cc7ccc6c5c34)c2)cc(OC)c1OC. The minimum atomic E-state index is 0.531. The van der Waals surface area contributed by atoms with Gasteiger partial charge >= 0.3 is 0 Å². The predicted octanol–water partition coefficient (Wildman–Crippen LogP) is 14.8. The zero-order valence-corrected chi connectivity index (χ0v) is 37.2. The Balaban J connectivity index is 1.03. The molecule has 9 aromatic carbocycles. The van der Waals surface area contributed by atoms with E-state index in [0.29, 0.717) is 34.5 Å². The molecular formula is C56H44N2O8. The van der Waals surface area contributed by atoms with Crippen LogP contribution in [-0.4, -0.2) is 42.7 Å². The summed E-state index contributed by atoms with van der Waals surface area (Å²) in [6.07, 6.45) is 0. The first kappa shape index (κ1) is 40.3. The van der Waals surface area contributed by atoms with Gasteiger partial charge in [0.2, 0.25) is 11.5 Å². The van der Waals surface area contributed by atoms with Crippen LogP contribution in [-0.2, 0) is 0 Å². The van der Waals surface area contributed by atoms with Gasteiger partial charge in [-0.25, -0.2) is 0 Å². The molecular weight excluding hydrogens is 829 g/mol. The lowest BCUT2D eigenvalue weighted by Gasteiger charge is -2.27. The molecule has 0 spiro atoms. The summed E-state index contributed by atoms with van der Waals surface area (Å²) in [4.78, 5) is 4.35. The lowest BCUT2D eigenvalue weighted by atomic mass is 10.0. The Labute approximate surface area is 380 Å². The van der Waals surface area contributed by atoms with Gasteiger partial charge in [-0.1, -0.05) is 48.5 Å². The van der Waals surface area contributed by atoms with Crippen molar-refractivity contribution in [3.05, 3.63) is 158 Å². The van der Waals surface area contributed by atoms with E-state index < -0.39 is 0 Å². The van der Waals surface area contributed by atoms with E-state index in [1.165, 1.54) is 0 Å². The van der Waals surface area contributed by atoms with Gasteiger partial charge in [0.05, 0.1) is 54.0 Å². The van der Waals surface area contributed by atoms with Crippen LogP contribution in [0.4, 0.5) is 34.1 Å². The molecule has 10 heteroatoms. The van der Waals surface area contributed by atoms with Crippen LogP contribution in [0.15, 0.2) is 167 Å². The zero-order chi connectivity index (χ0) is 45.1. The molecule has 0 saturated heterocycles. The fraction of sp³-hybridized carbons (Fsp3) is 0.107. The standard InChI is InChI=1S/C56H44N2O8/c1-59-47-29-39(30-48(60-2)55(47)63-5)57(35-13-9-7-10-14-35)37-19-23-41-33(27-37)17-21-43-51-45(65-53(41)43)25-26-46-52(51)44-22-18-34-28-38(20-24-42(34)54(44)66-46)58(36-15-11-8-12-16-36)40-31-49(61-3)56(64-6)50(32-40)62-4/h7-32H,1-6H3. The zero-order valence-electron chi connectivity index (χ0n) is 37.2. The highest BCUT2D eigenvalue weighted by Crippen LogP contribution is 2.49. The van der Waals surface area contributed by atoms with Crippen molar-refractivity contribution in [2.45, 2.75) is 0 Å². The van der Waals surface area contributed by atoms with Crippen LogP contribution in [0.3, 0.4) is 0 Å². The van der Waals surface area contributed by atoms with Crippen molar-refractivity contribution in [2.75, 3.05) is 52.5 Å². The van der Waals surface area contributed by atoms with E-state index in [4.69, 9.17) is 37.3 Å². The largest absolute Gasteiger partial charge is 0.493 e. The summed E-state index contributed by atoms with van der Waals surface area (Å²) in [7, 11) is 9.72. The average Bonchev–Trinajstić information content (AvgIpc) is 3.95. The number of hydrogen-bond acceptors (Lipinski definition) is 10. The number of ether oxygens (including phenoxy) is 6. The molecule has 0 radical (unpaired) electrons. The van der Waals surface area contributed by atoms with Crippen molar-refractivity contribution in [1.29, 1.82) is 0 Å². The Morgan fingerprint density at radius 3 is 1.03 bits per heavy atom. The summed E-state index contributed by atoms with van der Waals surface area (Å²) in [5, 5.41) is 8.12. The molecule has 0 aliphatic rings. The molecule has 0 fully saturated rings. The van der Waals surface area contributed by atoms with Crippen molar-refractivity contribution >= 4 is 99.5 Å². The molecule has 0 N–H and O–H groups in total. The maximum atomic E-state index is 6.78. The molecule has 66 heavy (non-hydrogen) atoms. The summed E-state index contributed by atoms with van der Waals surface area (Å²) in [5.74, 6) is 3.32. The van der Waals surface area contributed by atoms with Crippen molar-refractivity contribution in [2.24, 2.45) is 0 Å². The molecule has 326 valence electrons. The molecule has 0 atom stereocenters. The minimum absolute atomic E-state index is 0.531. The first-order chi connectivity index (χ1) is 32.4. The van der Waals surface area contributed by atoms with Crippen molar-refractivity contribution < 1.29 is 37.3 Å². The lowest BCUT2D eigenvalue weighted by Crippen LogP contribution is -2.10. The van der Waals surface area contributed by atoms with Crippen molar-refractivity contribution in [1.82, 2.24) is 0 Å². The fourth-order valence-corrected chi connectivity index (χ4v) is 9.40. The van der Waals surface area contributed by atoms with Gasteiger partial charge < -0.3 is 47.1 Å². The number of hydrogen-bond donors (Lipinski definition) is 0. The van der Waals surface area contributed by atoms with Gasteiger partial charge in [-0.2, -0.15) is 0 Å². The van der Waals surface area contributed by atoms with Gasteiger partial charge in [-0.3, -0.25) is 0 Å². The Hall–Kier alpha value is -8.50. The summed E-state index contributed by atoms with van der Waals surface area (Å²) in [6.45, 7) is 0. The molecule has 2 heterocycles. The van der Waals surface area contributed by atoms with Gasteiger partial charge in [0.15, 0.2) is 23.0 Å². The van der Waals surface area contributed by atoms with E-state index >= 15 is 0 Å². The Morgan fingerprint density at radius 2 is 0.682 bits per heavy atom. The van der Waals surface area contributed by atoms with Gasteiger partial charge in [-0.05, 0) is 95.7 Å². The van der Waals surface area contributed by atoms with Gasteiger partial charge in [0.25, 0.3) is 0 Å². The molecule has 0 unspecified atom stereocenters. The second-order valence-electron chi connectivity index (χ2n) is 15.8. The second kappa shape index (κ2) is 16.2. The molecule has 2 aromatic heterocycles. The molecule has 0 bridgehead atoms. The normalized spacial score (nSPS) is 11.5. The summed E-state index contributed by atoms with van der Waals surface area (Å²) in [6, 6.07) is 53.8. The quantitative estimate of drug-likeness (QED) is 0.118. The third-order valence-electron chi connectivity index (χ3n) is 12.4. The molecule has 0 saturated carbocycles. The van der Waals surface area contributed by atoms with Crippen LogP contribution in [0.5, 0.6) is 34.5 Å². The van der Waals surface area contributed by atoms with Crippen LogP contribution >= 0.6 is 0 Å². The summed E-state index contributed by atoms with van der Waals surface area (Å²) >= 11 is 0. The van der Waals surface area contributed by atoms with E-state index in [0.717, 1.165) is 99.5 Å². The van der Waals surface area contributed by atoms with Crippen LogP contribution in [0, 0.1) is 0 Å². The highest BCUT2D eigenvalue weighted by atomic mass is 16.5. The highest BCUT2D eigenvalue weighted by Gasteiger charge is 2.24. The Morgan fingerprint density at radius 1 is 0.318 bits per heavy atom. The molecule has 11 rings (SSSR count). The first-order valence-corrected chi connectivity index (χ1v) is 21.4. The third-order valence-corrected chi connectivity index (χ3v) is 12.4. The number of rotatable bonds is 12. The molecule has 0 amide bonds. The Bertz CT molecular complexity index is 3350. The maximum absolute atomic E-state index is 6.78. The Kier molecular flexibility index (Phi) is 9.92. The monoisotopic (exact) mass is 872 g/mol. The minimum Gasteiger partial charge on any atom is -0.493 e. The van der Waals surface area contributed by atoms with Gasteiger partial charge in [0, 0.05) is 79.3 Å². The van der Waals surface area contributed by atoms with E-state index in [2.05, 4.69) is 94.7 Å². The molecule has 0 aliphatic heterocycles. The fourth-order valence-electron chi connectivity index (χ4n) is 9.40.